The second-order valence-electron chi connectivity index (χ2n) is 7.98. The topological polar surface area (TPSA) is 122 Å². The fraction of sp³-hybridized carbons (Fsp3) is 0.500. The Labute approximate surface area is 193 Å². The molecule has 0 aliphatic carbocycles. The molecular weight excluding hydrogens is 448 g/mol. The number of rotatable bonds is 8. The molecule has 0 bridgehead atoms. The van der Waals surface area contributed by atoms with Crippen molar-refractivity contribution in [1.29, 1.82) is 0 Å². The second-order valence-corrected chi connectivity index (χ2v) is 9.86. The van der Waals surface area contributed by atoms with E-state index in [0.29, 0.717) is 43.1 Å². The molecule has 2 aromatic rings. The Kier molecular flexibility index (Phi) is 7.75. The summed E-state index contributed by atoms with van der Waals surface area (Å²) in [5, 5.41) is 6.51. The maximum Gasteiger partial charge on any atom is 0.248 e. The highest BCUT2D eigenvalue weighted by Crippen LogP contribution is 2.28. The van der Waals surface area contributed by atoms with Gasteiger partial charge in [-0.1, -0.05) is 5.16 Å². The summed E-state index contributed by atoms with van der Waals surface area (Å²) in [4.78, 5) is 27.2. The Morgan fingerprint density at radius 3 is 2.55 bits per heavy atom. The third-order valence-corrected chi connectivity index (χ3v) is 7.81. The second kappa shape index (κ2) is 10.3. The fourth-order valence-corrected chi connectivity index (χ4v) is 5.80. The largest absolute Gasteiger partial charge is 0.497 e. The maximum atomic E-state index is 13.2. The van der Waals surface area contributed by atoms with Gasteiger partial charge in [0.1, 0.15) is 16.3 Å². The number of carbonyl (C=O) groups is 2. The Morgan fingerprint density at radius 1 is 1.27 bits per heavy atom. The molecule has 1 unspecified atom stereocenters. The third-order valence-electron chi connectivity index (χ3n) is 5.70. The number of likely N-dealkylation sites (N-methyl/N-ethyl adjacent to an activating group) is 1. The van der Waals surface area contributed by atoms with Gasteiger partial charge in [-0.2, -0.15) is 4.31 Å². The van der Waals surface area contributed by atoms with E-state index in [2.05, 4.69) is 10.5 Å². The fourth-order valence-electron chi connectivity index (χ4n) is 3.99. The van der Waals surface area contributed by atoms with Crippen molar-refractivity contribution in [2.24, 2.45) is 5.92 Å². The molecule has 1 atom stereocenters. The number of anilines is 1. The molecule has 1 N–H and O–H groups in total. The molecule has 33 heavy (non-hydrogen) atoms. The summed E-state index contributed by atoms with van der Waals surface area (Å²) in [6, 6.07) is 6.89. The predicted octanol–water partition coefficient (Wildman–Crippen LogP) is 2.19. The lowest BCUT2D eigenvalue weighted by atomic mass is 9.98. The predicted molar refractivity (Wildman–Crippen MR) is 121 cm³/mol. The van der Waals surface area contributed by atoms with Gasteiger partial charge in [-0.15, -0.1) is 0 Å². The molecule has 1 fully saturated rings. The standard InChI is InChI=1S/C22H30N4O6S/c1-5-25(14-20(27)23-18-8-10-19(31-4)11-9-18)22(28)17-7-6-12-26(13-17)33(29,30)21-15(2)24-32-16(21)3/h8-11,17H,5-7,12-14H2,1-4H3,(H,23,27). The van der Waals surface area contributed by atoms with Crippen LogP contribution in [0.4, 0.5) is 5.69 Å². The summed E-state index contributed by atoms with van der Waals surface area (Å²) < 4.78 is 37.7. The number of methoxy groups -OCH3 is 1. The summed E-state index contributed by atoms with van der Waals surface area (Å²) in [7, 11) is -2.27. The number of aryl methyl sites for hydroxylation is 2. The van der Waals surface area contributed by atoms with Crippen LogP contribution in [-0.2, 0) is 19.6 Å². The van der Waals surface area contributed by atoms with Crippen LogP contribution in [0.2, 0.25) is 0 Å². The van der Waals surface area contributed by atoms with Crippen LogP contribution >= 0.6 is 0 Å². The SMILES string of the molecule is CCN(CC(=O)Nc1ccc(OC)cc1)C(=O)C1CCCN(S(=O)(=O)c2c(C)noc2C)C1. The summed E-state index contributed by atoms with van der Waals surface area (Å²) in [5.74, 6) is -0.187. The number of aromatic nitrogens is 1. The number of piperidine rings is 1. The van der Waals surface area contributed by atoms with Crippen molar-refractivity contribution in [3.63, 3.8) is 0 Å². The summed E-state index contributed by atoms with van der Waals surface area (Å²) in [6.07, 6.45) is 1.11. The quantitative estimate of drug-likeness (QED) is 0.617. The number of amides is 2. The van der Waals surface area contributed by atoms with Crippen LogP contribution in [0.15, 0.2) is 33.7 Å². The first-order valence-electron chi connectivity index (χ1n) is 10.8. The number of nitrogens with zero attached hydrogens (tertiary/aromatic N) is 3. The molecule has 1 saturated heterocycles. The van der Waals surface area contributed by atoms with Gasteiger partial charge in [0.15, 0.2) is 5.76 Å². The van der Waals surface area contributed by atoms with E-state index in [-0.39, 0.29) is 35.6 Å². The van der Waals surface area contributed by atoms with Crippen LogP contribution in [0.1, 0.15) is 31.2 Å². The van der Waals surface area contributed by atoms with Crippen LogP contribution in [0.3, 0.4) is 0 Å². The van der Waals surface area contributed by atoms with Crippen molar-refractivity contribution in [3.05, 3.63) is 35.7 Å². The number of hydrogen-bond acceptors (Lipinski definition) is 7. The normalized spacial score (nSPS) is 16.9. The minimum absolute atomic E-state index is 0.0572. The van der Waals surface area contributed by atoms with Crippen LogP contribution in [-0.4, -0.2) is 67.9 Å². The lowest BCUT2D eigenvalue weighted by Crippen LogP contribution is -2.48. The summed E-state index contributed by atoms with van der Waals surface area (Å²) >= 11 is 0. The zero-order valence-electron chi connectivity index (χ0n) is 19.3. The van der Waals surface area contributed by atoms with Crippen LogP contribution in [0.25, 0.3) is 0 Å². The first-order valence-corrected chi connectivity index (χ1v) is 12.3. The molecule has 1 aliphatic rings. The number of hydrogen-bond donors (Lipinski definition) is 1. The van der Waals surface area contributed by atoms with Crippen molar-refractivity contribution in [2.45, 2.75) is 38.5 Å². The molecule has 10 nitrogen and oxygen atoms in total. The molecule has 1 aromatic carbocycles. The summed E-state index contributed by atoms with van der Waals surface area (Å²) in [6.45, 7) is 5.52. The molecule has 2 amide bonds. The Bertz CT molecular complexity index is 1080. The minimum atomic E-state index is -3.83. The molecule has 3 rings (SSSR count). The molecule has 180 valence electrons. The van der Waals surface area contributed by atoms with Gasteiger partial charge >= 0.3 is 0 Å². The smallest absolute Gasteiger partial charge is 0.248 e. The highest BCUT2D eigenvalue weighted by atomic mass is 32.2. The maximum absolute atomic E-state index is 13.2. The Morgan fingerprint density at radius 2 is 1.97 bits per heavy atom. The Hall–Kier alpha value is -2.92. The average molecular weight is 479 g/mol. The molecule has 0 radical (unpaired) electrons. The van der Waals surface area contributed by atoms with Crippen molar-refractivity contribution in [1.82, 2.24) is 14.4 Å². The van der Waals surface area contributed by atoms with E-state index in [0.717, 1.165) is 0 Å². The molecule has 1 aliphatic heterocycles. The van der Waals surface area contributed by atoms with Gasteiger partial charge in [-0.05, 0) is 57.9 Å². The summed E-state index contributed by atoms with van der Waals surface area (Å²) in [5.41, 5.74) is 0.894. The molecule has 11 heteroatoms. The number of ether oxygens (including phenoxy) is 1. The average Bonchev–Trinajstić information content (AvgIpc) is 3.16. The highest BCUT2D eigenvalue weighted by Gasteiger charge is 2.37. The molecule has 1 aromatic heterocycles. The number of sulfonamides is 1. The minimum Gasteiger partial charge on any atom is -0.497 e. The molecule has 2 heterocycles. The number of benzene rings is 1. The van der Waals surface area contributed by atoms with E-state index < -0.39 is 15.9 Å². The van der Waals surface area contributed by atoms with Crippen LogP contribution in [0.5, 0.6) is 5.75 Å². The Balaban J connectivity index is 1.66. The van der Waals surface area contributed by atoms with Gasteiger partial charge in [-0.25, -0.2) is 8.42 Å². The number of carbonyl (C=O) groups excluding carboxylic acids is 2. The van der Waals surface area contributed by atoms with E-state index in [1.54, 1.807) is 52.1 Å². The lowest BCUT2D eigenvalue weighted by Gasteiger charge is -2.33. The number of nitrogens with one attached hydrogen (secondary N) is 1. The van der Waals surface area contributed by atoms with Gasteiger partial charge in [0.2, 0.25) is 21.8 Å². The molecular formula is C22H30N4O6S. The van der Waals surface area contributed by atoms with E-state index in [9.17, 15) is 18.0 Å². The van der Waals surface area contributed by atoms with E-state index in [1.165, 1.54) is 9.21 Å². The van der Waals surface area contributed by atoms with Gasteiger partial charge < -0.3 is 19.5 Å². The monoisotopic (exact) mass is 478 g/mol. The lowest BCUT2D eigenvalue weighted by molar-refractivity contribution is -0.139. The molecule has 0 spiro atoms. The van der Waals surface area contributed by atoms with Crippen molar-refractivity contribution >= 4 is 27.5 Å². The van der Waals surface area contributed by atoms with E-state index in [4.69, 9.17) is 9.26 Å². The van der Waals surface area contributed by atoms with E-state index >= 15 is 0 Å². The van der Waals surface area contributed by atoms with Gasteiger partial charge in [0.25, 0.3) is 0 Å². The van der Waals surface area contributed by atoms with Crippen LogP contribution < -0.4 is 10.1 Å². The zero-order chi connectivity index (χ0) is 24.2. The highest BCUT2D eigenvalue weighted by molar-refractivity contribution is 7.89. The molecule has 0 saturated carbocycles. The van der Waals surface area contributed by atoms with Crippen molar-refractivity contribution in [3.8, 4) is 5.75 Å². The van der Waals surface area contributed by atoms with Gasteiger partial charge in [0, 0.05) is 25.3 Å². The first kappa shape index (κ1) is 24.7. The van der Waals surface area contributed by atoms with Crippen molar-refractivity contribution < 1.29 is 27.3 Å². The van der Waals surface area contributed by atoms with Gasteiger partial charge in [0.05, 0.1) is 19.6 Å². The van der Waals surface area contributed by atoms with E-state index in [1.807, 2.05) is 0 Å². The zero-order valence-corrected chi connectivity index (χ0v) is 20.1. The van der Waals surface area contributed by atoms with Crippen LogP contribution in [0, 0.1) is 19.8 Å². The van der Waals surface area contributed by atoms with Gasteiger partial charge in [-0.3, -0.25) is 9.59 Å². The van der Waals surface area contributed by atoms with Crippen molar-refractivity contribution in [2.75, 3.05) is 38.6 Å². The third kappa shape index (κ3) is 5.53. The first-order chi connectivity index (χ1) is 15.7.